The second kappa shape index (κ2) is 7.85. The normalized spacial score (nSPS) is 31.4. The molecule has 0 N–H and O–H groups in total. The summed E-state index contributed by atoms with van der Waals surface area (Å²) >= 11 is 2.98. The van der Waals surface area contributed by atoms with Crippen molar-refractivity contribution in [3.8, 4) is 0 Å². The molecule has 164 valence electrons. The first-order chi connectivity index (χ1) is 14.2. The van der Waals surface area contributed by atoms with Gasteiger partial charge < -0.3 is 0 Å². The van der Waals surface area contributed by atoms with Crippen molar-refractivity contribution in [2.75, 3.05) is 18.3 Å². The highest BCUT2D eigenvalue weighted by molar-refractivity contribution is 8.38. The highest BCUT2D eigenvalue weighted by Crippen LogP contribution is 2.70. The molecule has 1 amide bonds. The Morgan fingerprint density at radius 3 is 2.50 bits per heavy atom. The van der Waals surface area contributed by atoms with Gasteiger partial charge in [0.05, 0.1) is 11.8 Å². The fourth-order valence-corrected chi connectivity index (χ4v) is 9.77. The zero-order chi connectivity index (χ0) is 21.7. The van der Waals surface area contributed by atoms with Crippen LogP contribution in [0.15, 0.2) is 35.3 Å². The second-order valence-electron chi connectivity index (χ2n) is 9.26. The molecule has 1 aromatic rings. The summed E-state index contributed by atoms with van der Waals surface area (Å²) in [5.41, 5.74) is 0.622. The van der Waals surface area contributed by atoms with Crippen LogP contribution in [0, 0.1) is 16.7 Å². The number of carbonyl (C=O) groups is 1. The molecule has 5 nitrogen and oxygen atoms in total. The van der Waals surface area contributed by atoms with Crippen molar-refractivity contribution in [1.29, 1.82) is 0 Å². The molecule has 2 bridgehead atoms. The molecule has 2 aliphatic carbocycles. The quantitative estimate of drug-likeness (QED) is 0.493. The summed E-state index contributed by atoms with van der Waals surface area (Å²) in [4.78, 5) is 18.5. The molecule has 0 radical (unpaired) electrons. The average Bonchev–Trinajstić information content (AvgIpc) is 3.19. The molecule has 2 saturated carbocycles. The average molecular weight is 469 g/mol. The van der Waals surface area contributed by atoms with Crippen molar-refractivity contribution < 1.29 is 13.2 Å². The van der Waals surface area contributed by atoms with E-state index in [-0.39, 0.29) is 28.5 Å². The monoisotopic (exact) mass is 468 g/mol. The summed E-state index contributed by atoms with van der Waals surface area (Å²) in [7, 11) is -3.65. The summed E-state index contributed by atoms with van der Waals surface area (Å²) < 4.78 is 28.7. The largest absolute Gasteiger partial charge is 0.271 e. The molecule has 1 aliphatic heterocycles. The second-order valence-corrected chi connectivity index (χ2v) is 13.0. The lowest BCUT2D eigenvalue weighted by atomic mass is 9.69. The number of aliphatic imine (C=N–C) groups is 1. The standard InChI is InChI=1S/C22H30N2O3S3/c1-21(2)16-10-11-22(21)14-30(26,27)24(18(22)13-16)19(25)17(23-20(28-3)29-4)12-15-8-6-5-7-9-15/h5-9,16-18H,10-14H2,1-4H3/t16-,17+,18-,22-/m0/s1/i12+2. The minimum Gasteiger partial charge on any atom is -0.271 e. The molecule has 3 fully saturated rings. The highest BCUT2D eigenvalue weighted by Gasteiger charge is 2.72. The van der Waals surface area contributed by atoms with E-state index in [1.54, 1.807) is 0 Å². The van der Waals surface area contributed by atoms with Crippen molar-refractivity contribution in [3.05, 3.63) is 35.9 Å². The lowest BCUT2D eigenvalue weighted by Crippen LogP contribution is -2.48. The third-order valence-corrected chi connectivity index (χ3v) is 11.6. The van der Waals surface area contributed by atoms with E-state index in [4.69, 9.17) is 4.99 Å². The van der Waals surface area contributed by atoms with Crippen LogP contribution in [-0.2, 0) is 21.2 Å². The van der Waals surface area contributed by atoms with Gasteiger partial charge in [-0.1, -0.05) is 44.2 Å². The Kier molecular flexibility index (Phi) is 5.81. The molecular formula is C22H30N2O3S3. The summed E-state index contributed by atoms with van der Waals surface area (Å²) in [6.45, 7) is 4.40. The number of sulfonamides is 1. The maximum atomic E-state index is 13.8. The van der Waals surface area contributed by atoms with Gasteiger partial charge in [0.2, 0.25) is 10.0 Å². The summed E-state index contributed by atoms with van der Waals surface area (Å²) in [5.74, 6) is 0.224. The van der Waals surface area contributed by atoms with E-state index in [0.29, 0.717) is 12.3 Å². The van der Waals surface area contributed by atoms with Crippen LogP contribution in [0.5, 0.6) is 0 Å². The molecule has 1 spiro atoms. The van der Waals surface area contributed by atoms with Crippen LogP contribution >= 0.6 is 23.5 Å². The molecule has 4 rings (SSSR count). The molecule has 1 saturated heterocycles. The Morgan fingerprint density at radius 1 is 1.23 bits per heavy atom. The van der Waals surface area contributed by atoms with Gasteiger partial charge in [0.25, 0.3) is 5.91 Å². The number of benzene rings is 1. The van der Waals surface area contributed by atoms with E-state index >= 15 is 0 Å². The Balaban J connectivity index is 1.71. The van der Waals surface area contributed by atoms with Gasteiger partial charge in [-0.05, 0) is 48.7 Å². The van der Waals surface area contributed by atoms with Gasteiger partial charge in [-0.15, -0.1) is 23.5 Å². The molecule has 4 atom stereocenters. The number of amides is 1. The van der Waals surface area contributed by atoms with Crippen LogP contribution < -0.4 is 0 Å². The highest BCUT2D eigenvalue weighted by atomic mass is 32.2. The SMILES string of the molecule is CSC(=N[C@H]([14CH2]c1ccccc1)C(=O)N1[C@H]2C[C@@H]3CC[C@@]2(CS1(=O)=O)C3(C)C)SC. The third-order valence-electron chi connectivity index (χ3n) is 7.80. The van der Waals surface area contributed by atoms with Crippen molar-refractivity contribution in [3.63, 3.8) is 0 Å². The first-order valence-electron chi connectivity index (χ1n) is 10.4. The fraction of sp³-hybridized carbons (Fsp3) is 0.636. The first kappa shape index (κ1) is 22.2. The topological polar surface area (TPSA) is 66.8 Å². The van der Waals surface area contributed by atoms with E-state index in [9.17, 15) is 13.2 Å². The van der Waals surface area contributed by atoms with E-state index in [0.717, 1.165) is 29.2 Å². The molecule has 0 unspecified atom stereocenters. The zero-order valence-electron chi connectivity index (χ0n) is 18.0. The van der Waals surface area contributed by atoms with Crippen molar-refractivity contribution >= 4 is 43.8 Å². The van der Waals surface area contributed by atoms with Crippen LogP contribution in [0.25, 0.3) is 0 Å². The van der Waals surface area contributed by atoms with Gasteiger partial charge in [0.1, 0.15) is 10.4 Å². The Morgan fingerprint density at radius 2 is 1.90 bits per heavy atom. The molecule has 3 aliphatic rings. The Bertz CT molecular complexity index is 955. The third kappa shape index (κ3) is 3.34. The van der Waals surface area contributed by atoms with Crippen LogP contribution in [0.1, 0.15) is 38.7 Å². The molecule has 0 aromatic heterocycles. The molecule has 1 heterocycles. The van der Waals surface area contributed by atoms with Crippen LogP contribution in [0.4, 0.5) is 0 Å². The number of rotatable bonds is 4. The van der Waals surface area contributed by atoms with Crippen molar-refractivity contribution in [2.45, 2.75) is 51.6 Å². The first-order valence-corrected chi connectivity index (χ1v) is 14.5. The predicted molar refractivity (Wildman–Crippen MR) is 126 cm³/mol. The van der Waals surface area contributed by atoms with Gasteiger partial charge in [0.15, 0.2) is 0 Å². The molecule has 30 heavy (non-hydrogen) atoms. The predicted octanol–water partition coefficient (Wildman–Crippen LogP) is 4.05. The molecular weight excluding hydrogens is 438 g/mol. The number of hydrogen-bond donors (Lipinski definition) is 0. The summed E-state index contributed by atoms with van der Waals surface area (Å²) in [6.07, 6.45) is 7.01. The maximum Gasteiger partial charge on any atom is 0.261 e. The van der Waals surface area contributed by atoms with Gasteiger partial charge in [-0.3, -0.25) is 9.79 Å². The Hall–Kier alpha value is -0.990. The van der Waals surface area contributed by atoms with Crippen LogP contribution in [0.3, 0.4) is 0 Å². The van der Waals surface area contributed by atoms with Crippen LogP contribution in [0.2, 0.25) is 0 Å². The number of nitrogens with zero attached hydrogens (tertiary/aromatic N) is 2. The van der Waals surface area contributed by atoms with E-state index in [1.165, 1.54) is 27.8 Å². The Labute approximate surface area is 188 Å². The molecule has 8 heteroatoms. The lowest BCUT2D eigenvalue weighted by molar-refractivity contribution is -0.130. The number of hydrogen-bond acceptors (Lipinski definition) is 6. The van der Waals surface area contributed by atoms with Gasteiger partial charge >= 0.3 is 0 Å². The lowest BCUT2D eigenvalue weighted by Gasteiger charge is -2.37. The minimum atomic E-state index is -3.65. The van der Waals surface area contributed by atoms with Crippen molar-refractivity contribution in [2.24, 2.45) is 21.7 Å². The number of fused-ring (bicyclic) bond motifs is 1. The zero-order valence-corrected chi connectivity index (χ0v) is 20.4. The van der Waals surface area contributed by atoms with Crippen molar-refractivity contribution in [1.82, 2.24) is 4.31 Å². The van der Waals surface area contributed by atoms with E-state index in [1.807, 2.05) is 42.8 Å². The summed E-state index contributed by atoms with van der Waals surface area (Å²) in [5, 5.41) is 0. The van der Waals surface area contributed by atoms with Gasteiger partial charge in [0, 0.05) is 11.8 Å². The van der Waals surface area contributed by atoms with E-state index < -0.39 is 16.1 Å². The van der Waals surface area contributed by atoms with Gasteiger partial charge in [-0.25, -0.2) is 12.7 Å². The number of carbonyl (C=O) groups excluding carboxylic acids is 1. The maximum absolute atomic E-state index is 13.8. The summed E-state index contributed by atoms with van der Waals surface area (Å²) in [6, 6.07) is 8.79. The van der Waals surface area contributed by atoms with E-state index in [2.05, 4.69) is 13.8 Å². The smallest absolute Gasteiger partial charge is 0.261 e. The van der Waals surface area contributed by atoms with Gasteiger partial charge in [-0.2, -0.15) is 0 Å². The molecule has 1 aromatic carbocycles. The minimum absolute atomic E-state index is 0.0539. The van der Waals surface area contributed by atoms with Crippen LogP contribution in [-0.4, -0.2) is 53.4 Å². The fourth-order valence-electron chi connectivity index (χ4n) is 6.07. The number of thioether (sulfide) groups is 2.